The van der Waals surface area contributed by atoms with Gasteiger partial charge in [-0.05, 0) is 52.7 Å². The van der Waals surface area contributed by atoms with E-state index in [1.807, 2.05) is 29.2 Å². The SMILES string of the molecule is N#Cc1ccccc1N1CCCN(C(=O)c2cc(Cl)ccc2Br)CC1. The van der Waals surface area contributed by atoms with E-state index in [1.165, 1.54) is 0 Å². The summed E-state index contributed by atoms with van der Waals surface area (Å²) in [6.07, 6.45) is 0.851. The molecule has 2 aromatic rings. The topological polar surface area (TPSA) is 47.3 Å². The highest BCUT2D eigenvalue weighted by atomic mass is 79.9. The Morgan fingerprint density at radius 2 is 1.92 bits per heavy atom. The predicted octanol–water partition coefficient (Wildman–Crippen LogP) is 4.33. The number of halogens is 2. The van der Waals surface area contributed by atoms with Crippen molar-refractivity contribution in [1.82, 2.24) is 4.90 Å². The maximum absolute atomic E-state index is 12.9. The number of rotatable bonds is 2. The number of nitrogens with zero attached hydrogens (tertiary/aromatic N) is 3. The fourth-order valence-electron chi connectivity index (χ4n) is 3.04. The molecule has 0 spiro atoms. The highest BCUT2D eigenvalue weighted by Gasteiger charge is 2.23. The number of hydrogen-bond donors (Lipinski definition) is 0. The zero-order valence-corrected chi connectivity index (χ0v) is 15.9. The molecule has 1 aliphatic heterocycles. The lowest BCUT2D eigenvalue weighted by atomic mass is 10.1. The number of amides is 1. The number of para-hydroxylation sites is 1. The van der Waals surface area contributed by atoms with Crippen molar-refractivity contribution in [1.29, 1.82) is 5.26 Å². The second kappa shape index (κ2) is 7.90. The summed E-state index contributed by atoms with van der Waals surface area (Å²) >= 11 is 9.47. The van der Waals surface area contributed by atoms with Crippen LogP contribution in [0.3, 0.4) is 0 Å². The van der Waals surface area contributed by atoms with Crippen LogP contribution in [0.25, 0.3) is 0 Å². The Balaban J connectivity index is 1.77. The van der Waals surface area contributed by atoms with Gasteiger partial charge >= 0.3 is 0 Å². The second-order valence-corrected chi connectivity index (χ2v) is 7.18. The minimum Gasteiger partial charge on any atom is -0.369 e. The molecule has 0 unspecified atom stereocenters. The van der Waals surface area contributed by atoms with Crippen LogP contribution < -0.4 is 4.90 Å². The van der Waals surface area contributed by atoms with E-state index in [1.54, 1.807) is 18.2 Å². The van der Waals surface area contributed by atoms with Gasteiger partial charge in [-0.15, -0.1) is 0 Å². The summed E-state index contributed by atoms with van der Waals surface area (Å²) in [5.41, 5.74) is 2.18. The normalized spacial score (nSPS) is 14.8. The lowest BCUT2D eigenvalue weighted by Gasteiger charge is -2.24. The van der Waals surface area contributed by atoms with Crippen molar-refractivity contribution >= 4 is 39.1 Å². The summed E-state index contributed by atoms with van der Waals surface area (Å²) in [5, 5.41) is 9.85. The number of anilines is 1. The van der Waals surface area contributed by atoms with Gasteiger partial charge in [-0.3, -0.25) is 4.79 Å². The van der Waals surface area contributed by atoms with Gasteiger partial charge in [0.25, 0.3) is 5.91 Å². The predicted molar refractivity (Wildman–Crippen MR) is 103 cm³/mol. The van der Waals surface area contributed by atoms with E-state index in [-0.39, 0.29) is 5.91 Å². The molecule has 0 bridgehead atoms. The standard InChI is InChI=1S/C19H17BrClN3O/c20-17-7-6-15(21)12-16(17)19(25)24-9-3-8-23(10-11-24)18-5-2-1-4-14(18)13-22/h1-2,4-7,12H,3,8-11H2. The summed E-state index contributed by atoms with van der Waals surface area (Å²) < 4.78 is 0.748. The maximum atomic E-state index is 12.9. The third-order valence-corrected chi connectivity index (χ3v) is 5.23. The Morgan fingerprint density at radius 3 is 2.72 bits per heavy atom. The average molecular weight is 419 g/mol. The van der Waals surface area contributed by atoms with Gasteiger partial charge in [0.05, 0.1) is 16.8 Å². The smallest absolute Gasteiger partial charge is 0.255 e. The van der Waals surface area contributed by atoms with Gasteiger partial charge in [0.15, 0.2) is 0 Å². The molecule has 0 N–H and O–H groups in total. The van der Waals surface area contributed by atoms with Crippen molar-refractivity contribution in [2.24, 2.45) is 0 Å². The molecule has 1 amide bonds. The molecule has 4 nitrogen and oxygen atoms in total. The van der Waals surface area contributed by atoms with E-state index in [9.17, 15) is 10.1 Å². The van der Waals surface area contributed by atoms with E-state index in [0.29, 0.717) is 35.8 Å². The van der Waals surface area contributed by atoms with Crippen LogP contribution in [0.5, 0.6) is 0 Å². The Labute approximate surface area is 160 Å². The first-order valence-corrected chi connectivity index (χ1v) is 9.25. The molecule has 0 saturated carbocycles. The number of benzene rings is 2. The van der Waals surface area contributed by atoms with Crippen molar-refractivity contribution in [2.45, 2.75) is 6.42 Å². The van der Waals surface area contributed by atoms with Crippen molar-refractivity contribution in [3.8, 4) is 6.07 Å². The number of carbonyl (C=O) groups excluding carboxylic acids is 1. The molecule has 128 valence electrons. The van der Waals surface area contributed by atoms with Gasteiger partial charge in [-0.1, -0.05) is 23.7 Å². The Kier molecular flexibility index (Phi) is 5.62. The molecule has 2 aromatic carbocycles. The fourth-order valence-corrected chi connectivity index (χ4v) is 3.63. The van der Waals surface area contributed by atoms with Gasteiger partial charge in [0, 0.05) is 35.7 Å². The Morgan fingerprint density at radius 1 is 1.12 bits per heavy atom. The molecule has 25 heavy (non-hydrogen) atoms. The molecule has 3 rings (SSSR count). The minimum absolute atomic E-state index is 0.0233. The zero-order valence-electron chi connectivity index (χ0n) is 13.6. The van der Waals surface area contributed by atoms with E-state index in [0.717, 1.165) is 23.1 Å². The van der Waals surface area contributed by atoms with E-state index in [4.69, 9.17) is 11.6 Å². The van der Waals surface area contributed by atoms with Crippen LogP contribution in [0.4, 0.5) is 5.69 Å². The van der Waals surface area contributed by atoms with E-state index >= 15 is 0 Å². The van der Waals surface area contributed by atoms with Crippen molar-refractivity contribution in [2.75, 3.05) is 31.1 Å². The van der Waals surface area contributed by atoms with Crippen LogP contribution >= 0.6 is 27.5 Å². The van der Waals surface area contributed by atoms with E-state index in [2.05, 4.69) is 26.9 Å². The zero-order chi connectivity index (χ0) is 17.8. The van der Waals surface area contributed by atoms with Crippen molar-refractivity contribution in [3.05, 3.63) is 63.1 Å². The maximum Gasteiger partial charge on any atom is 0.255 e. The molecule has 0 aliphatic carbocycles. The number of nitriles is 1. The lowest BCUT2D eigenvalue weighted by molar-refractivity contribution is 0.0766. The van der Waals surface area contributed by atoms with Crippen LogP contribution in [-0.4, -0.2) is 37.0 Å². The molecular weight excluding hydrogens is 402 g/mol. The first kappa shape index (κ1) is 17.8. The summed E-state index contributed by atoms with van der Waals surface area (Å²) in [6.45, 7) is 2.81. The molecule has 1 saturated heterocycles. The quantitative estimate of drug-likeness (QED) is 0.729. The first-order valence-electron chi connectivity index (χ1n) is 8.08. The minimum atomic E-state index is -0.0233. The van der Waals surface area contributed by atoms with Crippen LogP contribution in [0.2, 0.25) is 5.02 Å². The van der Waals surface area contributed by atoms with Crippen LogP contribution in [-0.2, 0) is 0 Å². The van der Waals surface area contributed by atoms with Crippen LogP contribution in [0.15, 0.2) is 46.9 Å². The lowest BCUT2D eigenvalue weighted by Crippen LogP contribution is -2.35. The highest BCUT2D eigenvalue weighted by molar-refractivity contribution is 9.10. The molecule has 0 aromatic heterocycles. The monoisotopic (exact) mass is 417 g/mol. The molecule has 0 atom stereocenters. The molecule has 1 heterocycles. The van der Waals surface area contributed by atoms with Crippen molar-refractivity contribution < 1.29 is 4.79 Å². The van der Waals surface area contributed by atoms with Crippen LogP contribution in [0.1, 0.15) is 22.3 Å². The van der Waals surface area contributed by atoms with Gasteiger partial charge in [0.2, 0.25) is 0 Å². The third-order valence-electron chi connectivity index (χ3n) is 4.31. The summed E-state index contributed by atoms with van der Waals surface area (Å²) in [7, 11) is 0. The molecular formula is C19H17BrClN3O. The highest BCUT2D eigenvalue weighted by Crippen LogP contribution is 2.25. The van der Waals surface area contributed by atoms with Gasteiger partial charge in [0.1, 0.15) is 6.07 Å². The van der Waals surface area contributed by atoms with Gasteiger partial charge in [-0.25, -0.2) is 0 Å². The molecule has 1 aliphatic rings. The Hall–Kier alpha value is -2.03. The molecule has 0 radical (unpaired) electrons. The summed E-state index contributed by atoms with van der Waals surface area (Å²) in [5.74, 6) is -0.0233. The second-order valence-electron chi connectivity index (χ2n) is 5.89. The third kappa shape index (κ3) is 3.97. The van der Waals surface area contributed by atoms with E-state index < -0.39 is 0 Å². The molecule has 6 heteroatoms. The Bertz CT molecular complexity index is 834. The number of carbonyl (C=O) groups is 1. The summed E-state index contributed by atoms with van der Waals surface area (Å²) in [6, 6.07) is 15.1. The average Bonchev–Trinajstić information content (AvgIpc) is 2.89. The largest absolute Gasteiger partial charge is 0.369 e. The summed E-state index contributed by atoms with van der Waals surface area (Å²) in [4.78, 5) is 16.9. The fraction of sp³-hybridized carbons (Fsp3) is 0.263. The van der Waals surface area contributed by atoms with Gasteiger partial charge in [-0.2, -0.15) is 5.26 Å². The van der Waals surface area contributed by atoms with Crippen LogP contribution in [0, 0.1) is 11.3 Å². The number of hydrogen-bond acceptors (Lipinski definition) is 3. The molecule has 1 fully saturated rings. The first-order chi connectivity index (χ1) is 12.1. The van der Waals surface area contributed by atoms with Gasteiger partial charge < -0.3 is 9.80 Å². The van der Waals surface area contributed by atoms with Crippen molar-refractivity contribution in [3.63, 3.8) is 0 Å².